The lowest BCUT2D eigenvalue weighted by atomic mass is 10.0. The summed E-state index contributed by atoms with van der Waals surface area (Å²) in [5.41, 5.74) is 3.12. The Morgan fingerprint density at radius 3 is 2.58 bits per heavy atom. The molecule has 0 bridgehead atoms. The minimum atomic E-state index is -0.227. The minimum Gasteiger partial charge on any atom is -0.348 e. The van der Waals surface area contributed by atoms with Gasteiger partial charge >= 0.3 is 0 Å². The lowest BCUT2D eigenvalue weighted by molar-refractivity contribution is -0.121. The second-order valence-corrected chi connectivity index (χ2v) is 6.92. The number of carbonyl (C=O) groups is 1. The van der Waals surface area contributed by atoms with E-state index in [4.69, 9.17) is 0 Å². The minimum absolute atomic E-state index is 0.0485. The summed E-state index contributed by atoms with van der Waals surface area (Å²) in [5.74, 6) is 0.0485. The van der Waals surface area contributed by atoms with Crippen molar-refractivity contribution in [2.45, 2.75) is 32.4 Å². The number of benzene rings is 2. The van der Waals surface area contributed by atoms with E-state index in [1.807, 2.05) is 36.4 Å². The maximum Gasteiger partial charge on any atom is 0.246 e. The van der Waals surface area contributed by atoms with Gasteiger partial charge in [0.05, 0.1) is 0 Å². The first-order chi connectivity index (χ1) is 12.8. The van der Waals surface area contributed by atoms with Crippen LogP contribution in [0.25, 0.3) is 10.9 Å². The molecule has 1 aliphatic heterocycles. The summed E-state index contributed by atoms with van der Waals surface area (Å²) in [7, 11) is 0. The van der Waals surface area contributed by atoms with Gasteiger partial charge < -0.3 is 9.88 Å². The van der Waals surface area contributed by atoms with Crippen molar-refractivity contribution in [2.75, 3.05) is 18.4 Å². The van der Waals surface area contributed by atoms with Gasteiger partial charge in [-0.2, -0.15) is 0 Å². The topological polar surface area (TPSA) is 37.3 Å². The van der Waals surface area contributed by atoms with Crippen LogP contribution in [0, 0.1) is 0 Å². The fourth-order valence-electron chi connectivity index (χ4n) is 3.93. The van der Waals surface area contributed by atoms with Gasteiger partial charge in [-0.05, 0) is 62.7 Å². The average molecular weight is 347 g/mol. The van der Waals surface area contributed by atoms with Crippen LogP contribution in [0.5, 0.6) is 0 Å². The van der Waals surface area contributed by atoms with Gasteiger partial charge in [0.25, 0.3) is 0 Å². The first-order valence-corrected chi connectivity index (χ1v) is 9.45. The molecular weight excluding hydrogens is 322 g/mol. The number of aromatic nitrogens is 1. The van der Waals surface area contributed by atoms with E-state index in [9.17, 15) is 4.79 Å². The molecule has 1 aromatic heterocycles. The Labute approximate surface area is 154 Å². The third-order valence-corrected chi connectivity index (χ3v) is 5.25. The Kier molecular flexibility index (Phi) is 4.76. The van der Waals surface area contributed by atoms with Crippen molar-refractivity contribution in [1.82, 2.24) is 9.47 Å². The molecule has 0 aliphatic carbocycles. The van der Waals surface area contributed by atoms with Gasteiger partial charge in [0.15, 0.2) is 0 Å². The number of amides is 1. The van der Waals surface area contributed by atoms with Crippen molar-refractivity contribution < 1.29 is 4.79 Å². The number of anilines is 1. The molecule has 4 rings (SSSR count). The van der Waals surface area contributed by atoms with E-state index in [1.54, 1.807) is 0 Å². The van der Waals surface area contributed by atoms with Crippen LogP contribution >= 0.6 is 0 Å². The predicted octanol–water partition coefficient (Wildman–Crippen LogP) is 4.44. The highest BCUT2D eigenvalue weighted by molar-refractivity contribution is 5.97. The largest absolute Gasteiger partial charge is 0.348 e. The Morgan fingerprint density at radius 1 is 1.08 bits per heavy atom. The van der Waals surface area contributed by atoms with Crippen LogP contribution in [-0.4, -0.2) is 28.5 Å². The van der Waals surface area contributed by atoms with E-state index < -0.39 is 0 Å². The Hall–Kier alpha value is -2.59. The van der Waals surface area contributed by atoms with Gasteiger partial charge in [-0.25, -0.2) is 0 Å². The van der Waals surface area contributed by atoms with E-state index in [1.165, 1.54) is 5.52 Å². The van der Waals surface area contributed by atoms with Crippen molar-refractivity contribution in [3.8, 4) is 0 Å². The summed E-state index contributed by atoms with van der Waals surface area (Å²) < 4.78 is 2.21. The maximum absolute atomic E-state index is 13.1. The second kappa shape index (κ2) is 7.34. The highest BCUT2D eigenvalue weighted by atomic mass is 16.2. The number of rotatable bonds is 5. The van der Waals surface area contributed by atoms with Gasteiger partial charge in [-0.1, -0.05) is 30.3 Å². The highest BCUT2D eigenvalue weighted by Gasteiger charge is 2.29. The zero-order chi connectivity index (χ0) is 17.9. The zero-order valence-electron chi connectivity index (χ0n) is 15.2. The molecule has 1 atom stereocenters. The van der Waals surface area contributed by atoms with E-state index in [-0.39, 0.29) is 11.9 Å². The van der Waals surface area contributed by atoms with E-state index in [0.717, 1.165) is 49.1 Å². The normalized spacial score (nSPS) is 16.0. The van der Waals surface area contributed by atoms with E-state index in [0.29, 0.717) is 0 Å². The number of hydrogen-bond acceptors (Lipinski definition) is 2. The number of hydrogen-bond donors (Lipinski definition) is 1. The van der Waals surface area contributed by atoms with E-state index in [2.05, 4.69) is 46.1 Å². The fourth-order valence-corrected chi connectivity index (χ4v) is 3.93. The maximum atomic E-state index is 13.1. The van der Waals surface area contributed by atoms with Gasteiger partial charge in [0.1, 0.15) is 6.04 Å². The van der Waals surface area contributed by atoms with Crippen LogP contribution in [0.15, 0.2) is 60.8 Å². The molecule has 2 heterocycles. The first-order valence-electron chi connectivity index (χ1n) is 9.45. The van der Waals surface area contributed by atoms with E-state index >= 15 is 0 Å². The lowest BCUT2D eigenvalue weighted by Crippen LogP contribution is -2.35. The summed E-state index contributed by atoms with van der Waals surface area (Å²) in [5, 5.41) is 4.30. The number of carbonyl (C=O) groups excluding carboxylic acids is 1. The smallest absolute Gasteiger partial charge is 0.246 e. The molecule has 1 saturated heterocycles. The lowest BCUT2D eigenvalue weighted by Gasteiger charge is -2.27. The molecule has 1 N–H and O–H groups in total. The zero-order valence-corrected chi connectivity index (χ0v) is 15.2. The van der Waals surface area contributed by atoms with Crippen molar-refractivity contribution in [2.24, 2.45) is 0 Å². The van der Waals surface area contributed by atoms with Crippen molar-refractivity contribution in [3.05, 3.63) is 66.4 Å². The molecule has 1 aliphatic rings. The Bertz CT molecular complexity index is 894. The first kappa shape index (κ1) is 16.9. The Balaban J connectivity index is 1.60. The summed E-state index contributed by atoms with van der Waals surface area (Å²) in [4.78, 5) is 15.4. The molecule has 0 spiro atoms. The summed E-state index contributed by atoms with van der Waals surface area (Å²) in [6.07, 6.45) is 4.41. The number of fused-ring (bicyclic) bond motifs is 1. The average Bonchev–Trinajstić information content (AvgIpc) is 3.32. The SMILES string of the molecule is CCn1ccc2cc(NC(=O)C(c3ccccc3)N3CCCC3)ccc21. The van der Waals surface area contributed by atoms with Crippen molar-refractivity contribution >= 4 is 22.5 Å². The monoisotopic (exact) mass is 347 g/mol. The van der Waals surface area contributed by atoms with Crippen LogP contribution in [-0.2, 0) is 11.3 Å². The van der Waals surface area contributed by atoms with Crippen LogP contribution in [0.2, 0.25) is 0 Å². The molecular formula is C22H25N3O. The van der Waals surface area contributed by atoms with Gasteiger partial charge in [-0.3, -0.25) is 9.69 Å². The number of nitrogens with one attached hydrogen (secondary N) is 1. The summed E-state index contributed by atoms with van der Waals surface area (Å²) >= 11 is 0. The second-order valence-electron chi connectivity index (χ2n) is 6.92. The Morgan fingerprint density at radius 2 is 1.85 bits per heavy atom. The van der Waals surface area contributed by atoms with Crippen molar-refractivity contribution in [1.29, 1.82) is 0 Å². The summed E-state index contributed by atoms with van der Waals surface area (Å²) in [6, 6.07) is 18.1. The molecule has 1 unspecified atom stereocenters. The van der Waals surface area contributed by atoms with Crippen molar-refractivity contribution in [3.63, 3.8) is 0 Å². The number of likely N-dealkylation sites (tertiary alicyclic amines) is 1. The highest BCUT2D eigenvalue weighted by Crippen LogP contribution is 2.27. The van der Waals surface area contributed by atoms with Gasteiger partial charge in [0.2, 0.25) is 5.91 Å². The number of aryl methyl sites for hydroxylation is 1. The van der Waals surface area contributed by atoms with Crippen LogP contribution in [0.3, 0.4) is 0 Å². The van der Waals surface area contributed by atoms with Crippen LogP contribution in [0.1, 0.15) is 31.4 Å². The summed E-state index contributed by atoms with van der Waals surface area (Å²) in [6.45, 7) is 5.03. The van der Waals surface area contributed by atoms with Gasteiger partial charge in [-0.15, -0.1) is 0 Å². The molecule has 0 saturated carbocycles. The molecule has 4 heteroatoms. The predicted molar refractivity (Wildman–Crippen MR) is 106 cm³/mol. The molecule has 2 aromatic carbocycles. The van der Waals surface area contributed by atoms with Crippen LogP contribution < -0.4 is 5.32 Å². The molecule has 1 amide bonds. The molecule has 4 nitrogen and oxygen atoms in total. The standard InChI is InChI=1S/C22H25N3O/c1-2-24-15-12-18-16-19(10-11-20(18)24)23-22(26)21(25-13-6-7-14-25)17-8-4-3-5-9-17/h3-5,8-12,15-16,21H,2,6-7,13-14H2,1H3,(H,23,26). The third kappa shape index (κ3) is 3.25. The molecule has 1 fully saturated rings. The fraction of sp³-hybridized carbons (Fsp3) is 0.318. The molecule has 3 aromatic rings. The number of nitrogens with zero attached hydrogens (tertiary/aromatic N) is 2. The molecule has 0 radical (unpaired) electrons. The quantitative estimate of drug-likeness (QED) is 0.741. The van der Waals surface area contributed by atoms with Gasteiger partial charge in [0, 0.05) is 29.3 Å². The molecule has 26 heavy (non-hydrogen) atoms. The molecule has 134 valence electrons. The third-order valence-electron chi connectivity index (χ3n) is 5.25. The van der Waals surface area contributed by atoms with Crippen LogP contribution in [0.4, 0.5) is 5.69 Å².